The van der Waals surface area contributed by atoms with Crippen molar-refractivity contribution in [3.8, 4) is 0 Å². The average molecular weight is 122 g/mol. The minimum atomic E-state index is 0.803. The smallest absolute Gasteiger partial charge is 0.0819 e. The van der Waals surface area contributed by atoms with Gasteiger partial charge in [0, 0.05) is 6.21 Å². The van der Waals surface area contributed by atoms with E-state index in [1.54, 1.807) is 6.21 Å². The van der Waals surface area contributed by atoms with E-state index in [1.165, 1.54) is 0 Å². The first-order valence-corrected chi connectivity index (χ1v) is 2.93. The highest BCUT2D eigenvalue weighted by Crippen LogP contribution is 2.15. The van der Waals surface area contributed by atoms with E-state index in [4.69, 9.17) is 5.73 Å². The Balaban J connectivity index is 3.01. The van der Waals surface area contributed by atoms with E-state index in [0.29, 0.717) is 0 Å². The zero-order chi connectivity index (χ0) is 6.85. The van der Waals surface area contributed by atoms with Gasteiger partial charge in [0.2, 0.25) is 0 Å². The van der Waals surface area contributed by atoms with Crippen LogP contribution in [0.1, 0.15) is 13.8 Å². The van der Waals surface area contributed by atoms with Crippen molar-refractivity contribution in [1.82, 2.24) is 0 Å². The number of nitrogens with two attached hydrogens (primary N) is 1. The molecule has 0 atom stereocenters. The SMILES string of the molecule is C/C=C1/N=CC(C)=C1N. The van der Waals surface area contributed by atoms with Crippen molar-refractivity contribution in [2.24, 2.45) is 10.7 Å². The van der Waals surface area contributed by atoms with E-state index in [-0.39, 0.29) is 0 Å². The summed E-state index contributed by atoms with van der Waals surface area (Å²) < 4.78 is 0. The lowest BCUT2D eigenvalue weighted by molar-refractivity contribution is 1.25. The normalized spacial score (nSPS) is 22.2. The van der Waals surface area contributed by atoms with Crippen LogP contribution in [0, 0.1) is 0 Å². The highest BCUT2D eigenvalue weighted by molar-refractivity contribution is 5.85. The Bertz CT molecular complexity index is 209. The second kappa shape index (κ2) is 2.05. The van der Waals surface area contributed by atoms with Crippen LogP contribution in [0.4, 0.5) is 0 Å². The second-order valence-corrected chi connectivity index (χ2v) is 2.03. The Morgan fingerprint density at radius 3 is 2.56 bits per heavy atom. The lowest BCUT2D eigenvalue weighted by atomic mass is 10.2. The monoisotopic (exact) mass is 122 g/mol. The summed E-state index contributed by atoms with van der Waals surface area (Å²) in [5.41, 5.74) is 8.38. The summed E-state index contributed by atoms with van der Waals surface area (Å²) in [6.45, 7) is 3.88. The molecule has 2 N–H and O–H groups in total. The molecule has 48 valence electrons. The molecule has 0 aromatic carbocycles. The zero-order valence-corrected chi connectivity index (χ0v) is 5.68. The molecule has 2 nitrogen and oxygen atoms in total. The van der Waals surface area contributed by atoms with Gasteiger partial charge in [0.25, 0.3) is 0 Å². The Labute approximate surface area is 54.8 Å². The van der Waals surface area contributed by atoms with Gasteiger partial charge < -0.3 is 5.73 Å². The summed E-state index contributed by atoms with van der Waals surface area (Å²) in [5, 5.41) is 0. The molecule has 0 radical (unpaired) electrons. The van der Waals surface area contributed by atoms with Crippen molar-refractivity contribution in [1.29, 1.82) is 0 Å². The molecule has 1 rings (SSSR count). The van der Waals surface area contributed by atoms with E-state index in [2.05, 4.69) is 4.99 Å². The predicted molar refractivity (Wildman–Crippen MR) is 39.1 cm³/mol. The van der Waals surface area contributed by atoms with Gasteiger partial charge in [-0.2, -0.15) is 0 Å². The van der Waals surface area contributed by atoms with Crippen molar-refractivity contribution in [3.63, 3.8) is 0 Å². The van der Waals surface area contributed by atoms with Gasteiger partial charge in [-0.25, -0.2) is 0 Å². The van der Waals surface area contributed by atoms with E-state index < -0.39 is 0 Å². The lowest BCUT2D eigenvalue weighted by Gasteiger charge is -1.93. The molecule has 0 spiro atoms. The highest BCUT2D eigenvalue weighted by Gasteiger charge is 2.05. The molecule has 0 saturated heterocycles. The highest BCUT2D eigenvalue weighted by atomic mass is 14.8. The first kappa shape index (κ1) is 6.08. The number of allylic oxidation sites excluding steroid dienone is 2. The van der Waals surface area contributed by atoms with Crippen molar-refractivity contribution < 1.29 is 0 Å². The molecule has 2 heteroatoms. The molecule has 0 aromatic heterocycles. The van der Waals surface area contributed by atoms with Crippen LogP contribution in [-0.4, -0.2) is 6.21 Å². The van der Waals surface area contributed by atoms with Crippen molar-refractivity contribution in [3.05, 3.63) is 23.0 Å². The summed E-state index contributed by atoms with van der Waals surface area (Å²) in [4.78, 5) is 4.05. The van der Waals surface area contributed by atoms with Crippen LogP contribution in [0.2, 0.25) is 0 Å². The fourth-order valence-electron chi connectivity index (χ4n) is 0.738. The summed E-state index contributed by atoms with van der Waals surface area (Å²) in [6, 6.07) is 0. The molecule has 0 fully saturated rings. The Morgan fingerprint density at radius 2 is 2.33 bits per heavy atom. The topological polar surface area (TPSA) is 38.4 Å². The van der Waals surface area contributed by atoms with Gasteiger partial charge >= 0.3 is 0 Å². The molecule has 1 aliphatic rings. The molecular weight excluding hydrogens is 112 g/mol. The number of hydrogen-bond acceptors (Lipinski definition) is 2. The average Bonchev–Trinajstić information content (AvgIpc) is 2.15. The van der Waals surface area contributed by atoms with Gasteiger partial charge in [-0.1, -0.05) is 6.08 Å². The van der Waals surface area contributed by atoms with Crippen LogP contribution in [-0.2, 0) is 0 Å². The third-order valence-electron chi connectivity index (χ3n) is 1.37. The van der Waals surface area contributed by atoms with Crippen LogP contribution in [0.3, 0.4) is 0 Å². The molecule has 0 unspecified atom stereocenters. The molecular formula is C7H10N2. The Morgan fingerprint density at radius 1 is 1.67 bits per heavy atom. The summed E-state index contributed by atoms with van der Waals surface area (Å²) >= 11 is 0. The minimum absolute atomic E-state index is 0.803. The quantitative estimate of drug-likeness (QED) is 0.515. The number of rotatable bonds is 0. The van der Waals surface area contributed by atoms with Gasteiger partial charge in [0.05, 0.1) is 11.4 Å². The summed E-state index contributed by atoms with van der Waals surface area (Å²) in [5.74, 6) is 0. The van der Waals surface area contributed by atoms with Gasteiger partial charge in [0.15, 0.2) is 0 Å². The van der Waals surface area contributed by atoms with E-state index in [9.17, 15) is 0 Å². The van der Waals surface area contributed by atoms with E-state index in [0.717, 1.165) is 17.0 Å². The summed E-state index contributed by atoms with van der Waals surface area (Å²) in [7, 11) is 0. The van der Waals surface area contributed by atoms with E-state index in [1.807, 2.05) is 19.9 Å². The number of nitrogens with zero attached hydrogens (tertiary/aromatic N) is 1. The van der Waals surface area contributed by atoms with Crippen LogP contribution in [0.15, 0.2) is 28.0 Å². The molecule has 0 amide bonds. The van der Waals surface area contributed by atoms with E-state index >= 15 is 0 Å². The first-order chi connectivity index (χ1) is 4.25. The van der Waals surface area contributed by atoms with Crippen LogP contribution >= 0.6 is 0 Å². The number of hydrogen-bond donors (Lipinski definition) is 1. The van der Waals surface area contributed by atoms with Gasteiger partial charge in [0.1, 0.15) is 0 Å². The fraction of sp³-hybridized carbons (Fsp3) is 0.286. The lowest BCUT2D eigenvalue weighted by Crippen LogP contribution is -1.97. The van der Waals surface area contributed by atoms with Crippen molar-refractivity contribution in [2.45, 2.75) is 13.8 Å². The van der Waals surface area contributed by atoms with Gasteiger partial charge in [-0.15, -0.1) is 0 Å². The van der Waals surface area contributed by atoms with Gasteiger partial charge in [-0.05, 0) is 19.4 Å². The molecule has 0 saturated carbocycles. The molecule has 1 aliphatic heterocycles. The minimum Gasteiger partial charge on any atom is -0.397 e. The molecule has 1 heterocycles. The molecule has 0 bridgehead atoms. The zero-order valence-electron chi connectivity index (χ0n) is 5.68. The predicted octanol–water partition coefficient (Wildman–Crippen LogP) is 1.21. The maximum absolute atomic E-state index is 5.62. The number of aliphatic imine (C=N–C) groups is 1. The maximum atomic E-state index is 5.62. The Kier molecular flexibility index (Phi) is 1.39. The maximum Gasteiger partial charge on any atom is 0.0819 e. The second-order valence-electron chi connectivity index (χ2n) is 2.03. The largest absolute Gasteiger partial charge is 0.397 e. The molecule has 9 heavy (non-hydrogen) atoms. The first-order valence-electron chi connectivity index (χ1n) is 2.93. The van der Waals surface area contributed by atoms with Crippen molar-refractivity contribution >= 4 is 6.21 Å². The molecule has 0 aliphatic carbocycles. The van der Waals surface area contributed by atoms with Crippen molar-refractivity contribution in [2.75, 3.05) is 0 Å². The van der Waals surface area contributed by atoms with Crippen LogP contribution < -0.4 is 5.73 Å². The summed E-state index contributed by atoms with van der Waals surface area (Å²) in [6.07, 6.45) is 3.69. The van der Waals surface area contributed by atoms with Gasteiger partial charge in [-0.3, -0.25) is 4.99 Å². The Hall–Kier alpha value is -1.05. The third-order valence-corrected chi connectivity index (χ3v) is 1.37. The van der Waals surface area contributed by atoms with Crippen LogP contribution in [0.5, 0.6) is 0 Å². The van der Waals surface area contributed by atoms with Crippen LogP contribution in [0.25, 0.3) is 0 Å². The fourth-order valence-corrected chi connectivity index (χ4v) is 0.738. The molecule has 0 aromatic rings. The third kappa shape index (κ3) is 0.875. The standard InChI is InChI=1S/C7H10N2/c1-3-6-7(8)5(2)4-9-6/h3-4H,8H2,1-2H3/b6-3+.